The van der Waals surface area contributed by atoms with Gasteiger partial charge < -0.3 is 10.2 Å². The molecule has 0 amide bonds. The first-order valence-electron chi connectivity index (χ1n) is 12.0. The van der Waals surface area contributed by atoms with E-state index < -0.39 is 16.9 Å². The van der Waals surface area contributed by atoms with E-state index in [-0.39, 0.29) is 13.1 Å². The molecule has 7 heteroatoms. The van der Waals surface area contributed by atoms with Crippen LogP contribution < -0.4 is 0 Å². The van der Waals surface area contributed by atoms with Crippen LogP contribution in [0, 0.1) is 0 Å². The third kappa shape index (κ3) is 3.85. The van der Waals surface area contributed by atoms with E-state index in [2.05, 4.69) is 33.9 Å². The van der Waals surface area contributed by atoms with E-state index in [0.29, 0.717) is 40.0 Å². The van der Waals surface area contributed by atoms with Crippen molar-refractivity contribution < 1.29 is 14.6 Å². The van der Waals surface area contributed by atoms with E-state index in [1.807, 2.05) is 24.3 Å². The second-order valence-corrected chi connectivity index (χ2v) is 10.8. The topological polar surface area (TPSA) is 85.3 Å². The minimum Gasteiger partial charge on any atom is -0.384 e. The van der Waals surface area contributed by atoms with Crippen molar-refractivity contribution in [3.63, 3.8) is 0 Å². The normalized spacial score (nSPS) is 20.2. The second-order valence-electron chi connectivity index (χ2n) is 10.8. The van der Waals surface area contributed by atoms with Crippen molar-refractivity contribution in [2.24, 2.45) is 0 Å². The van der Waals surface area contributed by atoms with Crippen LogP contribution in [0.25, 0.3) is 11.3 Å². The molecule has 1 atom stereocenters. The molecule has 3 aromatic rings. The van der Waals surface area contributed by atoms with E-state index in [4.69, 9.17) is 0 Å². The predicted molar refractivity (Wildman–Crippen MR) is 129 cm³/mol. The zero-order valence-corrected chi connectivity index (χ0v) is 20.2. The number of nitrogens with one attached hydrogen (secondary N) is 1. The smallest absolute Gasteiger partial charge is 0.173 e. The fourth-order valence-electron chi connectivity index (χ4n) is 4.88. The summed E-state index contributed by atoms with van der Waals surface area (Å²) in [4.78, 5) is 6.47. The van der Waals surface area contributed by atoms with Gasteiger partial charge in [-0.2, -0.15) is 5.10 Å². The highest BCUT2D eigenvalue weighted by Gasteiger charge is 2.62. The lowest BCUT2D eigenvalue weighted by Gasteiger charge is -2.53. The quantitative estimate of drug-likeness (QED) is 0.487. The maximum Gasteiger partial charge on any atom is 0.173 e. The zero-order chi connectivity index (χ0) is 24.3. The van der Waals surface area contributed by atoms with Gasteiger partial charge in [0.15, 0.2) is 11.3 Å². The first-order valence-corrected chi connectivity index (χ1v) is 12.0. The number of halogens is 1. The van der Waals surface area contributed by atoms with Gasteiger partial charge in [-0.3, -0.25) is 15.0 Å². The third-order valence-electron chi connectivity index (χ3n) is 7.30. The summed E-state index contributed by atoms with van der Waals surface area (Å²) in [6, 6.07) is 11.5. The fraction of sp³-hybridized carbons (Fsp3) is 0.481. The molecule has 1 saturated heterocycles. The minimum atomic E-state index is -1.85. The summed E-state index contributed by atoms with van der Waals surface area (Å²) in [5, 5.41) is 29.6. The maximum absolute atomic E-state index is 16.5. The van der Waals surface area contributed by atoms with Crippen molar-refractivity contribution in [3.8, 4) is 11.3 Å². The highest BCUT2D eigenvalue weighted by molar-refractivity contribution is 5.61. The van der Waals surface area contributed by atoms with Gasteiger partial charge in [0.1, 0.15) is 5.60 Å². The van der Waals surface area contributed by atoms with Crippen LogP contribution in [0.5, 0.6) is 0 Å². The number of H-pyrrole nitrogens is 1. The number of aromatic amines is 1. The summed E-state index contributed by atoms with van der Waals surface area (Å²) < 4.78 is 16.5. The molecule has 34 heavy (non-hydrogen) atoms. The average Bonchev–Trinajstić information content (AvgIpc) is 3.49. The molecule has 0 unspecified atom stereocenters. The Balaban J connectivity index is 1.57. The van der Waals surface area contributed by atoms with Crippen molar-refractivity contribution in [2.45, 2.75) is 69.4 Å². The Morgan fingerprint density at radius 2 is 1.74 bits per heavy atom. The summed E-state index contributed by atoms with van der Waals surface area (Å²) in [6.45, 7) is 7.94. The minimum absolute atomic E-state index is 0.190. The van der Waals surface area contributed by atoms with Crippen LogP contribution in [0.3, 0.4) is 0 Å². The highest BCUT2D eigenvalue weighted by Crippen LogP contribution is 2.50. The van der Waals surface area contributed by atoms with Crippen LogP contribution in [-0.2, 0) is 11.2 Å². The third-order valence-corrected chi connectivity index (χ3v) is 7.30. The summed E-state index contributed by atoms with van der Waals surface area (Å²) in [5.41, 5.74) is -0.931. The number of rotatable bonds is 7. The Kier molecular flexibility index (Phi) is 5.43. The number of aliphatic hydroxyl groups is 2. The molecule has 1 aliphatic carbocycles. The van der Waals surface area contributed by atoms with Crippen LogP contribution in [0.15, 0.2) is 48.8 Å². The molecule has 5 rings (SSSR count). The molecule has 1 aliphatic heterocycles. The molecule has 0 radical (unpaired) electrons. The van der Waals surface area contributed by atoms with Crippen molar-refractivity contribution in [1.82, 2.24) is 20.1 Å². The molecular formula is C27H33FN4O2. The second kappa shape index (κ2) is 7.97. The Bertz CT molecular complexity index is 1170. The molecule has 0 spiro atoms. The van der Waals surface area contributed by atoms with E-state index in [1.54, 1.807) is 38.4 Å². The van der Waals surface area contributed by atoms with Crippen molar-refractivity contribution in [2.75, 3.05) is 13.1 Å². The first-order chi connectivity index (χ1) is 16.0. The predicted octanol–water partition coefficient (Wildman–Crippen LogP) is 4.24. The number of likely N-dealkylation sites (tertiary alicyclic amines) is 1. The standard InChI is InChI=1S/C27H33FN4O2/c1-17(2)18-5-7-20(8-6-18)27(34,26(28)15-32(16-26)22-9-10-22)21-11-19(13-29-14-21)23-12-24(31-30-23)25(3,4)33/h5-8,11-14,17,22,33-34H,9-10,15-16H2,1-4H3,(H,30,31)/t27-/m0/s1. The number of hydrogen-bond acceptors (Lipinski definition) is 5. The van der Waals surface area contributed by atoms with Gasteiger partial charge in [-0.1, -0.05) is 38.1 Å². The van der Waals surface area contributed by atoms with Gasteiger partial charge in [-0.25, -0.2) is 4.39 Å². The van der Waals surface area contributed by atoms with Crippen LogP contribution in [0.1, 0.15) is 68.8 Å². The molecule has 2 aliphatic rings. The number of benzene rings is 1. The molecule has 0 bridgehead atoms. The van der Waals surface area contributed by atoms with Crippen LogP contribution >= 0.6 is 0 Å². The molecule has 3 heterocycles. The number of hydrogen-bond donors (Lipinski definition) is 3. The van der Waals surface area contributed by atoms with Crippen LogP contribution in [-0.4, -0.2) is 55.1 Å². The molecule has 2 fully saturated rings. The molecule has 3 N–H and O–H groups in total. The summed E-state index contributed by atoms with van der Waals surface area (Å²) in [7, 11) is 0. The van der Waals surface area contributed by atoms with Crippen LogP contribution in [0.2, 0.25) is 0 Å². The lowest BCUT2D eigenvalue weighted by Crippen LogP contribution is -2.69. The van der Waals surface area contributed by atoms with Crippen LogP contribution in [0.4, 0.5) is 4.39 Å². The van der Waals surface area contributed by atoms with E-state index in [1.165, 1.54) is 0 Å². The molecule has 1 saturated carbocycles. The van der Waals surface area contributed by atoms with Gasteiger partial charge in [-0.15, -0.1) is 0 Å². The largest absolute Gasteiger partial charge is 0.384 e. The Hall–Kier alpha value is -2.61. The Morgan fingerprint density at radius 1 is 1.06 bits per heavy atom. The van der Waals surface area contributed by atoms with E-state index in [0.717, 1.165) is 18.4 Å². The maximum atomic E-state index is 16.5. The monoisotopic (exact) mass is 464 g/mol. The van der Waals surface area contributed by atoms with Crippen molar-refractivity contribution >= 4 is 0 Å². The molecule has 6 nitrogen and oxygen atoms in total. The van der Waals surface area contributed by atoms with Gasteiger partial charge in [-0.05, 0) is 55.9 Å². The van der Waals surface area contributed by atoms with Gasteiger partial charge in [0.2, 0.25) is 0 Å². The van der Waals surface area contributed by atoms with E-state index >= 15 is 4.39 Å². The number of alkyl halides is 1. The molecule has 180 valence electrons. The molecule has 2 aromatic heterocycles. The molecule has 1 aromatic carbocycles. The van der Waals surface area contributed by atoms with Gasteiger partial charge in [0, 0.05) is 42.7 Å². The van der Waals surface area contributed by atoms with Gasteiger partial charge in [0.25, 0.3) is 0 Å². The SMILES string of the molecule is CC(C)c1ccc([C@](O)(c2cncc(-c3cc(C(C)(C)O)[nH]n3)c2)C2(F)CN(C3CC3)C2)cc1. The first kappa shape index (κ1) is 23.1. The van der Waals surface area contributed by atoms with E-state index in [9.17, 15) is 10.2 Å². The summed E-state index contributed by atoms with van der Waals surface area (Å²) in [6.07, 6.45) is 5.37. The number of nitrogens with zero attached hydrogens (tertiary/aromatic N) is 3. The molecular weight excluding hydrogens is 431 g/mol. The number of pyridine rings is 1. The highest BCUT2D eigenvalue weighted by atomic mass is 19.1. The van der Waals surface area contributed by atoms with Gasteiger partial charge >= 0.3 is 0 Å². The fourth-order valence-corrected chi connectivity index (χ4v) is 4.88. The summed E-state index contributed by atoms with van der Waals surface area (Å²) >= 11 is 0. The Morgan fingerprint density at radius 3 is 2.29 bits per heavy atom. The Labute approximate surface area is 199 Å². The number of aromatic nitrogens is 3. The summed E-state index contributed by atoms with van der Waals surface area (Å²) in [5.74, 6) is 0.338. The zero-order valence-electron chi connectivity index (χ0n) is 20.2. The lowest BCUT2D eigenvalue weighted by molar-refractivity contribution is -0.163. The lowest BCUT2D eigenvalue weighted by atomic mass is 9.70. The van der Waals surface area contributed by atoms with Gasteiger partial charge in [0.05, 0.1) is 11.4 Å². The van der Waals surface area contributed by atoms with Crippen molar-refractivity contribution in [1.29, 1.82) is 0 Å². The average molecular weight is 465 g/mol. The van der Waals surface area contributed by atoms with Crippen molar-refractivity contribution in [3.05, 3.63) is 71.2 Å².